The molecule has 102 valence electrons. The normalized spacial score (nSPS) is 11.7. The van der Waals surface area contributed by atoms with Gasteiger partial charge in [0.25, 0.3) is 0 Å². The van der Waals surface area contributed by atoms with Gasteiger partial charge in [0, 0.05) is 29.6 Å². The van der Waals surface area contributed by atoms with E-state index in [1.165, 1.54) is 10.9 Å². The van der Waals surface area contributed by atoms with Gasteiger partial charge in [0.05, 0.1) is 19.3 Å². The number of aromatic amines is 1. The monoisotopic (exact) mass is 259 g/mol. The molecule has 0 saturated heterocycles. The zero-order valence-corrected chi connectivity index (χ0v) is 11.8. The highest BCUT2D eigenvalue weighted by Crippen LogP contribution is 2.27. The van der Waals surface area contributed by atoms with Crippen molar-refractivity contribution in [2.75, 3.05) is 13.7 Å². The average Bonchev–Trinajstić information content (AvgIpc) is 2.78. The van der Waals surface area contributed by atoms with Gasteiger partial charge in [-0.3, -0.25) is 0 Å². The number of hydrogen-bond acceptors (Lipinski definition) is 2. The molecule has 0 aliphatic carbocycles. The van der Waals surface area contributed by atoms with E-state index in [1.807, 2.05) is 18.3 Å². The van der Waals surface area contributed by atoms with Crippen molar-refractivity contribution in [1.29, 1.82) is 0 Å². The van der Waals surface area contributed by atoms with Crippen LogP contribution >= 0.6 is 0 Å². The van der Waals surface area contributed by atoms with Gasteiger partial charge in [-0.25, -0.2) is 0 Å². The minimum absolute atomic E-state index is 0.205. The Hall–Kier alpha value is -1.74. The predicted octanol–water partition coefficient (Wildman–Crippen LogP) is 3.70. The number of fused-ring (bicyclic) bond motifs is 1. The Balaban J connectivity index is 2.23. The van der Waals surface area contributed by atoms with Crippen molar-refractivity contribution < 1.29 is 9.47 Å². The maximum Gasteiger partial charge on any atom is 0.120 e. The van der Waals surface area contributed by atoms with Crippen LogP contribution in [0.3, 0.4) is 0 Å². The van der Waals surface area contributed by atoms with Crippen LogP contribution in [-0.2, 0) is 11.2 Å². The van der Waals surface area contributed by atoms with E-state index >= 15 is 0 Å². The van der Waals surface area contributed by atoms with E-state index in [9.17, 15) is 0 Å². The maximum absolute atomic E-state index is 5.79. The van der Waals surface area contributed by atoms with Crippen molar-refractivity contribution in [2.45, 2.75) is 25.9 Å². The first-order valence-corrected chi connectivity index (χ1v) is 6.44. The maximum atomic E-state index is 5.79. The smallest absolute Gasteiger partial charge is 0.120 e. The number of nitrogens with one attached hydrogen (secondary N) is 1. The van der Waals surface area contributed by atoms with E-state index in [4.69, 9.17) is 9.47 Å². The van der Waals surface area contributed by atoms with Crippen molar-refractivity contribution in [2.24, 2.45) is 0 Å². The molecule has 0 spiro atoms. The third kappa shape index (κ3) is 3.18. The third-order valence-corrected chi connectivity index (χ3v) is 3.18. The van der Waals surface area contributed by atoms with Crippen LogP contribution in [-0.4, -0.2) is 24.3 Å². The summed E-state index contributed by atoms with van der Waals surface area (Å²) in [4.78, 5) is 3.29. The summed E-state index contributed by atoms with van der Waals surface area (Å²) in [5.74, 6) is 0.864. The number of H-pyrrole nitrogens is 1. The summed E-state index contributed by atoms with van der Waals surface area (Å²) in [5, 5.41) is 1.22. The lowest BCUT2D eigenvalue weighted by Crippen LogP contribution is -2.27. The zero-order chi connectivity index (χ0) is 13.9. The van der Waals surface area contributed by atoms with Crippen molar-refractivity contribution in [3.05, 3.63) is 42.6 Å². The standard InChI is InChI=1S/C16H21NO2/c1-5-8-19-16(2,3)10-12-11-17-15-9-13(18-4)6-7-14(12)15/h5-7,9,11,17H,1,8,10H2,2-4H3. The van der Waals surface area contributed by atoms with E-state index < -0.39 is 0 Å². The van der Waals surface area contributed by atoms with Gasteiger partial charge in [0.15, 0.2) is 0 Å². The highest BCUT2D eigenvalue weighted by molar-refractivity contribution is 5.84. The van der Waals surface area contributed by atoms with Gasteiger partial charge in [-0.1, -0.05) is 6.08 Å². The molecule has 0 fully saturated rings. The van der Waals surface area contributed by atoms with Gasteiger partial charge in [0.2, 0.25) is 0 Å². The van der Waals surface area contributed by atoms with E-state index in [0.29, 0.717) is 6.61 Å². The van der Waals surface area contributed by atoms with Gasteiger partial charge in [0.1, 0.15) is 5.75 Å². The molecule has 0 saturated carbocycles. The fraction of sp³-hybridized carbons (Fsp3) is 0.375. The van der Waals surface area contributed by atoms with Crippen molar-refractivity contribution in [1.82, 2.24) is 4.98 Å². The van der Waals surface area contributed by atoms with Crippen LogP contribution in [0, 0.1) is 0 Å². The highest BCUT2D eigenvalue weighted by atomic mass is 16.5. The van der Waals surface area contributed by atoms with Gasteiger partial charge >= 0.3 is 0 Å². The highest BCUT2D eigenvalue weighted by Gasteiger charge is 2.20. The second kappa shape index (κ2) is 5.49. The zero-order valence-electron chi connectivity index (χ0n) is 11.8. The summed E-state index contributed by atoms with van der Waals surface area (Å²) in [6.45, 7) is 8.45. The number of methoxy groups -OCH3 is 1. The summed E-state index contributed by atoms with van der Waals surface area (Å²) < 4.78 is 11.0. The predicted molar refractivity (Wildman–Crippen MR) is 78.8 cm³/mol. The topological polar surface area (TPSA) is 34.2 Å². The van der Waals surface area contributed by atoms with Gasteiger partial charge < -0.3 is 14.5 Å². The molecule has 1 aromatic heterocycles. The Bertz CT molecular complexity index is 569. The van der Waals surface area contributed by atoms with Crippen molar-refractivity contribution >= 4 is 10.9 Å². The average molecular weight is 259 g/mol. The van der Waals surface area contributed by atoms with Crippen LogP contribution in [0.25, 0.3) is 10.9 Å². The first-order chi connectivity index (χ1) is 9.05. The van der Waals surface area contributed by atoms with E-state index in [1.54, 1.807) is 13.2 Å². The van der Waals surface area contributed by atoms with Crippen LogP contribution in [0.4, 0.5) is 0 Å². The molecule has 0 radical (unpaired) electrons. The molecule has 0 aliphatic rings. The minimum Gasteiger partial charge on any atom is -0.497 e. The Morgan fingerprint density at radius 1 is 1.37 bits per heavy atom. The summed E-state index contributed by atoms with van der Waals surface area (Å²) in [6, 6.07) is 6.08. The minimum atomic E-state index is -0.205. The second-order valence-corrected chi connectivity index (χ2v) is 5.26. The largest absolute Gasteiger partial charge is 0.497 e. The molecule has 0 atom stereocenters. The molecule has 2 aromatic rings. The summed E-state index contributed by atoms with van der Waals surface area (Å²) in [7, 11) is 1.68. The SMILES string of the molecule is C=CCOC(C)(C)Cc1c[nH]c2cc(OC)ccc12. The Labute approximate surface area is 114 Å². The molecule has 1 N–H and O–H groups in total. The lowest BCUT2D eigenvalue weighted by atomic mass is 9.98. The van der Waals surface area contributed by atoms with Gasteiger partial charge in [-0.15, -0.1) is 6.58 Å². The molecular formula is C16H21NO2. The lowest BCUT2D eigenvalue weighted by molar-refractivity contribution is 0.000111. The molecule has 3 heteroatoms. The summed E-state index contributed by atoms with van der Waals surface area (Å²) in [6.07, 6.45) is 4.68. The van der Waals surface area contributed by atoms with Crippen LogP contribution in [0.1, 0.15) is 19.4 Å². The number of rotatable bonds is 6. The van der Waals surface area contributed by atoms with Gasteiger partial charge in [-0.2, -0.15) is 0 Å². The Morgan fingerprint density at radius 2 is 2.16 bits per heavy atom. The fourth-order valence-electron chi connectivity index (χ4n) is 2.23. The second-order valence-electron chi connectivity index (χ2n) is 5.26. The van der Waals surface area contributed by atoms with Crippen LogP contribution in [0.5, 0.6) is 5.75 Å². The fourth-order valence-corrected chi connectivity index (χ4v) is 2.23. The van der Waals surface area contributed by atoms with E-state index in [-0.39, 0.29) is 5.60 Å². The molecule has 0 aliphatic heterocycles. The molecular weight excluding hydrogens is 238 g/mol. The van der Waals surface area contributed by atoms with Crippen LogP contribution in [0.2, 0.25) is 0 Å². The number of ether oxygens (including phenoxy) is 2. The molecule has 0 amide bonds. The van der Waals surface area contributed by atoms with E-state index in [0.717, 1.165) is 17.7 Å². The van der Waals surface area contributed by atoms with Crippen molar-refractivity contribution in [3.63, 3.8) is 0 Å². The number of hydrogen-bond donors (Lipinski definition) is 1. The lowest BCUT2D eigenvalue weighted by Gasteiger charge is -2.24. The molecule has 1 heterocycles. The first kappa shape index (κ1) is 13.7. The molecule has 3 nitrogen and oxygen atoms in total. The van der Waals surface area contributed by atoms with Crippen molar-refractivity contribution in [3.8, 4) is 5.75 Å². The quantitative estimate of drug-likeness (QED) is 0.803. The molecule has 2 rings (SSSR count). The van der Waals surface area contributed by atoms with E-state index in [2.05, 4.69) is 31.5 Å². The third-order valence-electron chi connectivity index (χ3n) is 3.18. The van der Waals surface area contributed by atoms with Gasteiger partial charge in [-0.05, 0) is 31.5 Å². The number of aromatic nitrogens is 1. The number of benzene rings is 1. The Morgan fingerprint density at radius 3 is 2.84 bits per heavy atom. The first-order valence-electron chi connectivity index (χ1n) is 6.44. The molecule has 1 aromatic carbocycles. The van der Waals surface area contributed by atoms with Crippen LogP contribution < -0.4 is 4.74 Å². The summed E-state index contributed by atoms with van der Waals surface area (Å²) in [5.41, 5.74) is 2.14. The molecule has 19 heavy (non-hydrogen) atoms. The van der Waals surface area contributed by atoms with Crippen LogP contribution in [0.15, 0.2) is 37.1 Å². The molecule has 0 unspecified atom stereocenters. The molecule has 0 bridgehead atoms. The Kier molecular flexibility index (Phi) is 3.96. The summed E-state index contributed by atoms with van der Waals surface area (Å²) >= 11 is 0.